The highest BCUT2D eigenvalue weighted by molar-refractivity contribution is 5.81. The van der Waals surface area contributed by atoms with Crippen LogP contribution >= 0.6 is 0 Å². The fourth-order valence-electron chi connectivity index (χ4n) is 2.70. The van der Waals surface area contributed by atoms with Crippen molar-refractivity contribution in [3.05, 3.63) is 0 Å². The van der Waals surface area contributed by atoms with Gasteiger partial charge in [0.05, 0.1) is 13.7 Å². The van der Waals surface area contributed by atoms with Crippen LogP contribution in [-0.4, -0.2) is 31.8 Å². The number of hydrogen-bond acceptors (Lipinski definition) is 4. The molecule has 4 heteroatoms. The van der Waals surface area contributed by atoms with E-state index in [1.165, 1.54) is 32.8 Å². The van der Waals surface area contributed by atoms with E-state index in [1.807, 2.05) is 0 Å². The van der Waals surface area contributed by atoms with E-state index in [4.69, 9.17) is 15.2 Å². The van der Waals surface area contributed by atoms with Crippen LogP contribution < -0.4 is 5.73 Å². The van der Waals surface area contributed by atoms with Crippen molar-refractivity contribution in [3.63, 3.8) is 0 Å². The lowest BCUT2D eigenvalue weighted by molar-refractivity contribution is -0.151. The van der Waals surface area contributed by atoms with E-state index in [2.05, 4.69) is 0 Å². The molecule has 0 aromatic rings. The Balaban J connectivity index is 1.79. The van der Waals surface area contributed by atoms with Crippen LogP contribution in [0.3, 0.4) is 0 Å². The van der Waals surface area contributed by atoms with Crippen molar-refractivity contribution in [1.29, 1.82) is 0 Å². The number of rotatable bonds is 6. The summed E-state index contributed by atoms with van der Waals surface area (Å²) in [6.07, 6.45) is 7.14. The van der Waals surface area contributed by atoms with Crippen LogP contribution in [0.25, 0.3) is 0 Å². The second kappa shape index (κ2) is 5.36. The Labute approximate surface area is 103 Å². The number of carbonyl (C=O) groups excluding carboxylic acids is 1. The zero-order chi connectivity index (χ0) is 12.3. The fourth-order valence-corrected chi connectivity index (χ4v) is 2.70. The first kappa shape index (κ1) is 12.8. The molecule has 2 saturated carbocycles. The first-order valence-corrected chi connectivity index (χ1v) is 6.62. The molecule has 0 aliphatic heterocycles. The second-order valence-corrected chi connectivity index (χ2v) is 5.47. The molecule has 0 saturated heterocycles. The van der Waals surface area contributed by atoms with Crippen molar-refractivity contribution in [2.75, 3.05) is 20.3 Å². The molecular formula is C13H23NO3. The number of esters is 1. The van der Waals surface area contributed by atoms with Crippen molar-refractivity contribution in [1.82, 2.24) is 0 Å². The van der Waals surface area contributed by atoms with Gasteiger partial charge in [-0.15, -0.1) is 0 Å². The Bertz CT molecular complexity index is 272. The molecule has 0 heterocycles. The largest absolute Gasteiger partial charge is 0.468 e. The summed E-state index contributed by atoms with van der Waals surface area (Å²) < 4.78 is 10.5. The van der Waals surface area contributed by atoms with E-state index >= 15 is 0 Å². The number of carbonyl (C=O) groups is 1. The third-order valence-corrected chi connectivity index (χ3v) is 4.04. The average Bonchev–Trinajstić information content (AvgIpc) is 3.07. The molecule has 2 aliphatic rings. The van der Waals surface area contributed by atoms with Gasteiger partial charge in [-0.3, -0.25) is 0 Å². The molecule has 0 aromatic carbocycles. The van der Waals surface area contributed by atoms with Crippen molar-refractivity contribution in [3.8, 4) is 0 Å². The number of hydrogen-bond donors (Lipinski definition) is 1. The Morgan fingerprint density at radius 1 is 1.29 bits per heavy atom. The maximum atomic E-state index is 11.7. The fraction of sp³-hybridized carbons (Fsp3) is 0.923. The smallest absolute Gasteiger partial charge is 0.328 e. The molecule has 0 amide bonds. The lowest BCUT2D eigenvalue weighted by Gasteiger charge is -2.26. The van der Waals surface area contributed by atoms with E-state index in [0.717, 1.165) is 19.4 Å². The van der Waals surface area contributed by atoms with E-state index in [1.54, 1.807) is 0 Å². The van der Waals surface area contributed by atoms with E-state index in [-0.39, 0.29) is 11.9 Å². The molecule has 2 N–H and O–H groups in total. The lowest BCUT2D eigenvalue weighted by Crippen LogP contribution is -2.54. The predicted octanol–water partition coefficient (Wildman–Crippen LogP) is 1.47. The third-order valence-electron chi connectivity index (χ3n) is 4.04. The van der Waals surface area contributed by atoms with Gasteiger partial charge >= 0.3 is 5.97 Å². The first-order chi connectivity index (χ1) is 8.16. The van der Waals surface area contributed by atoms with Gasteiger partial charge in [-0.25, -0.2) is 4.79 Å². The molecule has 2 aliphatic carbocycles. The van der Waals surface area contributed by atoms with Gasteiger partial charge in [0.1, 0.15) is 5.54 Å². The van der Waals surface area contributed by atoms with E-state index < -0.39 is 5.54 Å². The van der Waals surface area contributed by atoms with E-state index in [0.29, 0.717) is 12.5 Å². The van der Waals surface area contributed by atoms with Crippen molar-refractivity contribution < 1.29 is 14.3 Å². The molecule has 1 atom stereocenters. The van der Waals surface area contributed by atoms with Crippen LogP contribution in [0.1, 0.15) is 38.5 Å². The standard InChI is InChI=1S/C13H23NO3/c1-16-12(15)13(14,11-6-7-11)9-17-8-10-4-2-3-5-10/h10-11H,2-9,14H2,1H3. The van der Waals surface area contributed by atoms with Gasteiger partial charge in [0, 0.05) is 6.61 Å². The topological polar surface area (TPSA) is 61.5 Å². The lowest BCUT2D eigenvalue weighted by atomic mass is 9.96. The maximum Gasteiger partial charge on any atom is 0.328 e. The Kier molecular flexibility index (Phi) is 4.05. The minimum Gasteiger partial charge on any atom is -0.468 e. The van der Waals surface area contributed by atoms with Gasteiger partial charge in [0.15, 0.2) is 0 Å². The van der Waals surface area contributed by atoms with Crippen molar-refractivity contribution in [2.45, 2.75) is 44.1 Å². The van der Waals surface area contributed by atoms with Gasteiger partial charge in [-0.05, 0) is 37.5 Å². The second-order valence-electron chi connectivity index (χ2n) is 5.47. The molecule has 0 aromatic heterocycles. The summed E-state index contributed by atoms with van der Waals surface area (Å²) in [7, 11) is 1.39. The summed E-state index contributed by atoms with van der Waals surface area (Å²) in [5.41, 5.74) is 5.23. The summed E-state index contributed by atoms with van der Waals surface area (Å²) >= 11 is 0. The van der Waals surface area contributed by atoms with Crippen LogP contribution in [0.2, 0.25) is 0 Å². The SMILES string of the molecule is COC(=O)C(N)(COCC1CCCC1)C1CC1. The molecule has 0 radical (unpaired) electrons. The van der Waals surface area contributed by atoms with Crippen LogP contribution in [0.15, 0.2) is 0 Å². The molecule has 1 unspecified atom stereocenters. The third kappa shape index (κ3) is 2.99. The predicted molar refractivity (Wildman–Crippen MR) is 64.4 cm³/mol. The molecule has 17 heavy (non-hydrogen) atoms. The molecule has 0 bridgehead atoms. The van der Waals surface area contributed by atoms with E-state index in [9.17, 15) is 4.79 Å². The first-order valence-electron chi connectivity index (χ1n) is 6.62. The number of methoxy groups -OCH3 is 1. The monoisotopic (exact) mass is 241 g/mol. The Morgan fingerprint density at radius 2 is 1.94 bits per heavy atom. The Morgan fingerprint density at radius 3 is 2.47 bits per heavy atom. The van der Waals surface area contributed by atoms with Crippen LogP contribution in [0.5, 0.6) is 0 Å². The molecule has 2 rings (SSSR count). The summed E-state index contributed by atoms with van der Waals surface area (Å²) in [5, 5.41) is 0. The van der Waals surface area contributed by atoms with Crippen LogP contribution in [0, 0.1) is 11.8 Å². The van der Waals surface area contributed by atoms with Crippen molar-refractivity contribution in [2.24, 2.45) is 17.6 Å². The molecular weight excluding hydrogens is 218 g/mol. The van der Waals surface area contributed by atoms with Crippen molar-refractivity contribution >= 4 is 5.97 Å². The highest BCUT2D eigenvalue weighted by Crippen LogP contribution is 2.39. The Hall–Kier alpha value is -0.610. The summed E-state index contributed by atoms with van der Waals surface area (Å²) in [4.78, 5) is 11.7. The van der Waals surface area contributed by atoms with Gasteiger partial charge in [-0.1, -0.05) is 12.8 Å². The van der Waals surface area contributed by atoms with Crippen LogP contribution in [-0.2, 0) is 14.3 Å². The highest BCUT2D eigenvalue weighted by Gasteiger charge is 2.49. The molecule has 2 fully saturated rings. The summed E-state index contributed by atoms with van der Waals surface area (Å²) in [6, 6.07) is 0. The van der Waals surface area contributed by atoms with Crippen LogP contribution in [0.4, 0.5) is 0 Å². The zero-order valence-electron chi connectivity index (χ0n) is 10.6. The maximum absolute atomic E-state index is 11.7. The van der Waals surface area contributed by atoms with Gasteiger partial charge in [0.25, 0.3) is 0 Å². The summed E-state index contributed by atoms with van der Waals surface area (Å²) in [5.74, 6) is 0.584. The molecule has 4 nitrogen and oxygen atoms in total. The number of ether oxygens (including phenoxy) is 2. The van der Waals surface area contributed by atoms with Gasteiger partial charge < -0.3 is 15.2 Å². The zero-order valence-corrected chi connectivity index (χ0v) is 10.6. The molecule has 0 spiro atoms. The number of nitrogens with two attached hydrogens (primary N) is 1. The molecule has 98 valence electrons. The highest BCUT2D eigenvalue weighted by atomic mass is 16.5. The minimum absolute atomic E-state index is 0.249. The quantitative estimate of drug-likeness (QED) is 0.715. The average molecular weight is 241 g/mol. The van der Waals surface area contributed by atoms with Gasteiger partial charge in [0.2, 0.25) is 0 Å². The summed E-state index contributed by atoms with van der Waals surface area (Å²) in [6.45, 7) is 1.05. The minimum atomic E-state index is -0.909. The normalized spacial score (nSPS) is 24.6. The van der Waals surface area contributed by atoms with Gasteiger partial charge in [-0.2, -0.15) is 0 Å².